The summed E-state index contributed by atoms with van der Waals surface area (Å²) in [6, 6.07) is 9.96. The van der Waals surface area contributed by atoms with E-state index in [4.69, 9.17) is 0 Å². The summed E-state index contributed by atoms with van der Waals surface area (Å²) in [5, 5.41) is 14.1. The summed E-state index contributed by atoms with van der Waals surface area (Å²) in [7, 11) is 3.76. The first-order valence-corrected chi connectivity index (χ1v) is 13.4. The van der Waals surface area contributed by atoms with Gasteiger partial charge in [-0.05, 0) is 54.7 Å². The van der Waals surface area contributed by atoms with Gasteiger partial charge in [0, 0.05) is 50.2 Å². The molecule has 0 unspecified atom stereocenters. The first kappa shape index (κ1) is 29.1. The van der Waals surface area contributed by atoms with Crippen LogP contribution < -0.4 is 10.2 Å². The van der Waals surface area contributed by atoms with Crippen LogP contribution in [0.2, 0.25) is 0 Å². The van der Waals surface area contributed by atoms with Crippen molar-refractivity contribution in [1.29, 1.82) is 0 Å². The molecule has 1 aromatic heterocycles. The first-order chi connectivity index (χ1) is 20.0. The van der Waals surface area contributed by atoms with Crippen molar-refractivity contribution in [2.75, 3.05) is 63.6 Å². The summed E-state index contributed by atoms with van der Waals surface area (Å²) in [6.07, 6.45) is -3.73. The third-order valence-corrected chi connectivity index (χ3v) is 7.24. The first-order valence-electron chi connectivity index (χ1n) is 13.4. The molecular weight excluding hydrogens is 552 g/mol. The highest BCUT2D eigenvalue weighted by Crippen LogP contribution is 2.45. The Labute approximate surface area is 239 Å². The van der Waals surface area contributed by atoms with Gasteiger partial charge in [-0.15, -0.1) is 0 Å². The van der Waals surface area contributed by atoms with Crippen LogP contribution in [0.4, 0.5) is 29.3 Å². The Morgan fingerprint density at radius 2 is 1.81 bits per heavy atom. The number of fused-ring (bicyclic) bond motifs is 2. The quantitative estimate of drug-likeness (QED) is 0.231. The van der Waals surface area contributed by atoms with Crippen LogP contribution in [0.3, 0.4) is 0 Å². The molecule has 42 heavy (non-hydrogen) atoms. The van der Waals surface area contributed by atoms with Crippen LogP contribution in [-0.2, 0) is 11.0 Å². The molecule has 0 bridgehead atoms. The molecule has 0 radical (unpaired) electrons. The van der Waals surface area contributed by atoms with Gasteiger partial charge >= 0.3 is 6.18 Å². The molecule has 2 N–H and O–H groups in total. The topological polar surface area (TPSA) is 84.8 Å². The number of aromatic nitrogens is 2. The average Bonchev–Trinajstić information content (AvgIpc) is 2.95. The van der Waals surface area contributed by atoms with E-state index in [1.165, 1.54) is 12.1 Å². The zero-order valence-corrected chi connectivity index (χ0v) is 23.2. The average molecular weight is 583 g/mol. The molecule has 12 heteroatoms. The predicted octanol–water partition coefficient (Wildman–Crippen LogP) is 5.12. The molecule has 1 amide bonds. The molecule has 0 atom stereocenters. The number of alkyl halides is 3. The van der Waals surface area contributed by atoms with E-state index in [1.807, 2.05) is 19.0 Å². The molecule has 3 aromatic carbocycles. The van der Waals surface area contributed by atoms with Gasteiger partial charge in [0.15, 0.2) is 5.82 Å². The Morgan fingerprint density at radius 1 is 1.10 bits per heavy atom. The van der Waals surface area contributed by atoms with Crippen LogP contribution in [0.5, 0.6) is 5.75 Å². The van der Waals surface area contributed by atoms with Crippen molar-refractivity contribution in [3.8, 4) is 16.9 Å². The van der Waals surface area contributed by atoms with E-state index in [-0.39, 0.29) is 53.0 Å². The minimum atomic E-state index is -4.94. The number of nitrogens with one attached hydrogen (secondary N) is 1. The monoisotopic (exact) mass is 582 g/mol. The number of rotatable bonds is 7. The maximum absolute atomic E-state index is 16.6. The van der Waals surface area contributed by atoms with E-state index < -0.39 is 23.1 Å². The number of likely N-dealkylation sites (N-methyl/N-ethyl adjacent to an activating group) is 1. The number of piperazine rings is 1. The number of anilines is 2. The number of nitrogens with zero attached hydrogens (tertiary/aromatic N) is 5. The molecule has 0 aliphatic carbocycles. The minimum Gasteiger partial charge on any atom is -0.508 e. The van der Waals surface area contributed by atoms with Crippen LogP contribution in [0.1, 0.15) is 5.56 Å². The van der Waals surface area contributed by atoms with Crippen LogP contribution in [0.15, 0.2) is 55.1 Å². The summed E-state index contributed by atoms with van der Waals surface area (Å²) in [5.41, 5.74) is -2.29. The van der Waals surface area contributed by atoms with Crippen LogP contribution in [0.25, 0.3) is 32.8 Å². The zero-order valence-electron chi connectivity index (χ0n) is 23.2. The maximum Gasteiger partial charge on any atom is 0.417 e. The van der Waals surface area contributed by atoms with Crippen molar-refractivity contribution in [2.45, 2.75) is 6.18 Å². The van der Waals surface area contributed by atoms with E-state index in [0.717, 1.165) is 12.1 Å². The van der Waals surface area contributed by atoms with Crippen molar-refractivity contribution in [2.24, 2.45) is 0 Å². The SMILES string of the molecule is C=CC(=O)N1CCN(c2nc(NCCN(C)C)nc3c(F)c(-c4cc(O)cc5ccccc45)c(C(F)(F)F)cc23)CC1. The molecule has 0 spiro atoms. The number of carbonyl (C=O) groups is 1. The molecule has 1 fully saturated rings. The molecule has 8 nitrogen and oxygen atoms in total. The third kappa shape index (κ3) is 5.67. The fourth-order valence-electron chi connectivity index (χ4n) is 5.18. The third-order valence-electron chi connectivity index (χ3n) is 7.24. The van der Waals surface area contributed by atoms with Crippen molar-refractivity contribution < 1.29 is 27.5 Å². The fourth-order valence-corrected chi connectivity index (χ4v) is 5.18. The Morgan fingerprint density at radius 3 is 2.48 bits per heavy atom. The molecule has 220 valence electrons. The normalized spacial score (nSPS) is 14.2. The molecule has 1 saturated heterocycles. The second-order valence-electron chi connectivity index (χ2n) is 10.3. The van der Waals surface area contributed by atoms with E-state index in [2.05, 4.69) is 21.9 Å². The summed E-state index contributed by atoms with van der Waals surface area (Å²) >= 11 is 0. The van der Waals surface area contributed by atoms with Gasteiger partial charge < -0.3 is 25.1 Å². The van der Waals surface area contributed by atoms with Gasteiger partial charge in [0.05, 0.1) is 5.56 Å². The van der Waals surface area contributed by atoms with Gasteiger partial charge in [-0.25, -0.2) is 9.37 Å². The minimum absolute atomic E-state index is 0.0642. The summed E-state index contributed by atoms with van der Waals surface area (Å²) in [5.74, 6) is -1.52. The number of aromatic hydroxyl groups is 1. The van der Waals surface area contributed by atoms with Crippen molar-refractivity contribution in [3.05, 3.63) is 66.5 Å². The highest BCUT2D eigenvalue weighted by atomic mass is 19.4. The van der Waals surface area contributed by atoms with E-state index in [1.54, 1.807) is 34.1 Å². The second-order valence-corrected chi connectivity index (χ2v) is 10.3. The number of phenols is 1. The Balaban J connectivity index is 1.75. The molecular formula is C30H30F4N6O2. The molecule has 1 aliphatic heterocycles. The van der Waals surface area contributed by atoms with Gasteiger partial charge in [0.25, 0.3) is 0 Å². The van der Waals surface area contributed by atoms with Gasteiger partial charge in [-0.1, -0.05) is 30.8 Å². The van der Waals surface area contributed by atoms with Gasteiger partial charge in [0.2, 0.25) is 11.9 Å². The van der Waals surface area contributed by atoms with E-state index in [9.17, 15) is 23.1 Å². The van der Waals surface area contributed by atoms with E-state index >= 15 is 4.39 Å². The summed E-state index contributed by atoms with van der Waals surface area (Å²) < 4.78 is 60.6. The lowest BCUT2D eigenvalue weighted by atomic mass is 9.92. The largest absolute Gasteiger partial charge is 0.508 e. The number of amides is 1. The van der Waals surface area contributed by atoms with Crippen LogP contribution >= 0.6 is 0 Å². The second kappa shape index (κ2) is 11.4. The number of carbonyl (C=O) groups excluding carboxylic acids is 1. The van der Waals surface area contributed by atoms with Crippen molar-refractivity contribution in [3.63, 3.8) is 0 Å². The number of halogens is 4. The van der Waals surface area contributed by atoms with Crippen molar-refractivity contribution >= 4 is 39.3 Å². The lowest BCUT2D eigenvalue weighted by Gasteiger charge is -2.35. The van der Waals surface area contributed by atoms with Crippen LogP contribution in [0, 0.1) is 5.82 Å². The maximum atomic E-state index is 16.6. The molecule has 1 aliphatic rings. The zero-order chi connectivity index (χ0) is 30.2. The summed E-state index contributed by atoms with van der Waals surface area (Å²) in [4.78, 5) is 26.2. The van der Waals surface area contributed by atoms with Gasteiger partial charge in [-0.3, -0.25) is 4.79 Å². The number of phenolic OH excluding ortho intramolecular Hbond substituents is 1. The highest BCUT2D eigenvalue weighted by Gasteiger charge is 2.38. The Hall–Kier alpha value is -4.45. The predicted molar refractivity (Wildman–Crippen MR) is 155 cm³/mol. The molecule has 2 heterocycles. The number of hydrogen-bond donors (Lipinski definition) is 2. The number of hydrogen-bond acceptors (Lipinski definition) is 7. The molecule has 5 rings (SSSR count). The Kier molecular flexibility index (Phi) is 7.91. The lowest BCUT2D eigenvalue weighted by molar-refractivity contribution is -0.137. The van der Waals surface area contributed by atoms with Gasteiger partial charge in [0.1, 0.15) is 17.1 Å². The smallest absolute Gasteiger partial charge is 0.417 e. The standard InChI is InChI=1S/C30H30F4N6O2/c1-4-24(42)39-11-13-40(14-12-39)28-22-17-23(30(32,33)34)25(21-16-19(41)15-18-7-5-6-8-20(18)21)26(31)27(22)36-29(37-28)35-9-10-38(2)3/h4-8,15-17,41H,1,9-14H2,2-3H3,(H,35,36,37). The molecule has 4 aromatic rings. The van der Waals surface area contributed by atoms with Crippen LogP contribution in [-0.4, -0.2) is 84.1 Å². The summed E-state index contributed by atoms with van der Waals surface area (Å²) in [6.45, 7) is 5.64. The van der Waals surface area contributed by atoms with Gasteiger partial charge in [-0.2, -0.15) is 18.2 Å². The fraction of sp³-hybridized carbons (Fsp3) is 0.300. The Bertz CT molecular complexity index is 1670. The van der Waals surface area contributed by atoms with Crippen molar-refractivity contribution in [1.82, 2.24) is 19.8 Å². The lowest BCUT2D eigenvalue weighted by Crippen LogP contribution is -2.48. The highest BCUT2D eigenvalue weighted by molar-refractivity contribution is 6.03. The van der Waals surface area contributed by atoms with E-state index in [0.29, 0.717) is 37.0 Å². The molecule has 0 saturated carbocycles. The number of benzene rings is 3.